The molecule has 0 bridgehead atoms. The first-order valence-electron chi connectivity index (χ1n) is 9.19. The molecule has 1 aromatic heterocycles. The number of rotatable bonds is 8. The lowest BCUT2D eigenvalue weighted by Gasteiger charge is -2.28. The van der Waals surface area contributed by atoms with Crippen molar-refractivity contribution >= 4 is 28.3 Å². The molecule has 0 unspecified atom stereocenters. The summed E-state index contributed by atoms with van der Waals surface area (Å²) < 4.78 is 5.35. The van der Waals surface area contributed by atoms with Crippen LogP contribution in [-0.2, 0) is 14.3 Å². The van der Waals surface area contributed by atoms with Crippen LogP contribution in [0.3, 0.4) is 0 Å². The van der Waals surface area contributed by atoms with E-state index in [1.165, 1.54) is 11.3 Å². The van der Waals surface area contributed by atoms with Gasteiger partial charge in [0.15, 0.2) is 5.13 Å². The summed E-state index contributed by atoms with van der Waals surface area (Å²) in [5, 5.41) is 3.41. The van der Waals surface area contributed by atoms with Gasteiger partial charge in [-0.3, -0.25) is 14.5 Å². The topological polar surface area (TPSA) is 74.8 Å². The molecule has 8 heteroatoms. The van der Waals surface area contributed by atoms with Gasteiger partial charge in [0.2, 0.25) is 11.8 Å². The normalized spacial score (nSPS) is 15.3. The minimum atomic E-state index is -0.195. The number of amides is 2. The number of ether oxygens (including phenoxy) is 1. The summed E-state index contributed by atoms with van der Waals surface area (Å²) in [6, 6.07) is 0. The first kappa shape index (κ1) is 20.8. The van der Waals surface area contributed by atoms with Crippen molar-refractivity contribution in [1.29, 1.82) is 0 Å². The van der Waals surface area contributed by atoms with Gasteiger partial charge in [-0.1, -0.05) is 13.8 Å². The maximum absolute atomic E-state index is 12.5. The van der Waals surface area contributed by atoms with Gasteiger partial charge in [0.25, 0.3) is 0 Å². The SMILES string of the molecule is Cc1nc(NC(=O)CN(CCCN2CCOCC2)C(=O)C(C)C)sc1C. The lowest BCUT2D eigenvalue weighted by molar-refractivity contribution is -0.137. The predicted molar refractivity (Wildman–Crippen MR) is 104 cm³/mol. The number of aromatic nitrogens is 1. The van der Waals surface area contributed by atoms with E-state index in [2.05, 4.69) is 15.2 Å². The van der Waals surface area contributed by atoms with Gasteiger partial charge >= 0.3 is 0 Å². The van der Waals surface area contributed by atoms with Crippen LogP contribution >= 0.6 is 11.3 Å². The fourth-order valence-electron chi connectivity index (χ4n) is 2.80. The van der Waals surface area contributed by atoms with Crippen molar-refractivity contribution in [3.63, 3.8) is 0 Å². The molecule has 2 amide bonds. The molecule has 0 spiro atoms. The van der Waals surface area contributed by atoms with Gasteiger partial charge in [0.1, 0.15) is 0 Å². The Hall–Kier alpha value is -1.51. The quantitative estimate of drug-likeness (QED) is 0.743. The zero-order valence-corrected chi connectivity index (χ0v) is 17.0. The highest BCUT2D eigenvalue weighted by atomic mass is 32.1. The summed E-state index contributed by atoms with van der Waals surface area (Å²) in [6.07, 6.45) is 0.848. The van der Waals surface area contributed by atoms with Gasteiger partial charge < -0.3 is 15.0 Å². The third-order valence-electron chi connectivity index (χ3n) is 4.42. The summed E-state index contributed by atoms with van der Waals surface area (Å²) >= 11 is 1.46. The van der Waals surface area contributed by atoms with Crippen molar-refractivity contribution in [3.8, 4) is 0 Å². The molecule has 2 rings (SSSR count). The Labute approximate surface area is 159 Å². The fourth-order valence-corrected chi connectivity index (χ4v) is 3.63. The molecule has 1 aliphatic rings. The van der Waals surface area contributed by atoms with Crippen molar-refractivity contribution < 1.29 is 14.3 Å². The Morgan fingerprint density at radius 2 is 2.00 bits per heavy atom. The van der Waals surface area contributed by atoms with Crippen molar-refractivity contribution in [1.82, 2.24) is 14.8 Å². The van der Waals surface area contributed by atoms with Crippen LogP contribution in [0.4, 0.5) is 5.13 Å². The largest absolute Gasteiger partial charge is 0.379 e. The maximum atomic E-state index is 12.5. The average molecular weight is 383 g/mol. The second kappa shape index (κ2) is 9.99. The molecule has 7 nitrogen and oxygen atoms in total. The number of thiazole rings is 1. The van der Waals surface area contributed by atoms with Crippen LogP contribution in [0, 0.1) is 19.8 Å². The van der Waals surface area contributed by atoms with E-state index < -0.39 is 0 Å². The molecule has 26 heavy (non-hydrogen) atoms. The second-order valence-corrected chi connectivity index (χ2v) is 8.13. The second-order valence-electron chi connectivity index (χ2n) is 6.93. The molecule has 1 fully saturated rings. The van der Waals surface area contributed by atoms with Gasteiger partial charge in [0.05, 0.1) is 25.5 Å². The highest BCUT2D eigenvalue weighted by molar-refractivity contribution is 7.15. The zero-order valence-electron chi connectivity index (χ0n) is 16.2. The van der Waals surface area contributed by atoms with Gasteiger partial charge in [-0.25, -0.2) is 4.98 Å². The molecule has 1 aliphatic heterocycles. The summed E-state index contributed by atoms with van der Waals surface area (Å²) in [4.78, 5) is 34.2. The summed E-state index contributed by atoms with van der Waals surface area (Å²) in [7, 11) is 0. The monoisotopic (exact) mass is 382 g/mol. The van der Waals surface area contributed by atoms with Gasteiger partial charge in [0, 0.05) is 37.0 Å². The van der Waals surface area contributed by atoms with Crippen LogP contribution in [0.5, 0.6) is 0 Å². The number of hydrogen-bond acceptors (Lipinski definition) is 6. The number of anilines is 1. The van der Waals surface area contributed by atoms with E-state index in [4.69, 9.17) is 4.74 Å². The standard InChI is InChI=1S/C18H30N4O3S/c1-13(2)17(24)22(7-5-6-21-8-10-25-11-9-21)12-16(23)20-18-19-14(3)15(4)26-18/h13H,5-12H2,1-4H3,(H,19,20,23). The lowest BCUT2D eigenvalue weighted by Crippen LogP contribution is -2.42. The summed E-state index contributed by atoms with van der Waals surface area (Å²) in [5.41, 5.74) is 0.922. The third kappa shape index (κ3) is 6.34. The van der Waals surface area contributed by atoms with E-state index in [1.54, 1.807) is 4.90 Å². The van der Waals surface area contributed by atoms with Crippen LogP contribution in [0.15, 0.2) is 0 Å². The van der Waals surface area contributed by atoms with E-state index in [0.717, 1.165) is 49.8 Å². The number of nitrogens with zero attached hydrogens (tertiary/aromatic N) is 3. The van der Waals surface area contributed by atoms with E-state index in [-0.39, 0.29) is 24.3 Å². The van der Waals surface area contributed by atoms with E-state index in [9.17, 15) is 9.59 Å². The van der Waals surface area contributed by atoms with Gasteiger partial charge in [-0.05, 0) is 20.3 Å². The Kier molecular flexibility index (Phi) is 7.99. The molecule has 1 saturated heterocycles. The Bertz CT molecular complexity index is 592. The van der Waals surface area contributed by atoms with Crippen LogP contribution in [0.2, 0.25) is 0 Å². The first-order valence-corrected chi connectivity index (χ1v) is 10.0. The van der Waals surface area contributed by atoms with E-state index in [0.29, 0.717) is 11.7 Å². The molecule has 0 saturated carbocycles. The molecule has 1 N–H and O–H groups in total. The predicted octanol–water partition coefficient (Wildman–Crippen LogP) is 1.91. The van der Waals surface area contributed by atoms with Crippen molar-refractivity contribution in [2.24, 2.45) is 5.92 Å². The highest BCUT2D eigenvalue weighted by Gasteiger charge is 2.21. The lowest BCUT2D eigenvalue weighted by atomic mass is 10.2. The number of hydrogen-bond donors (Lipinski definition) is 1. The molecule has 0 aliphatic carbocycles. The third-order valence-corrected chi connectivity index (χ3v) is 5.41. The minimum Gasteiger partial charge on any atom is -0.379 e. The number of carbonyl (C=O) groups is 2. The van der Waals surface area contributed by atoms with Crippen molar-refractivity contribution in [2.75, 3.05) is 51.3 Å². The zero-order chi connectivity index (χ0) is 19.1. The Morgan fingerprint density at radius 1 is 1.31 bits per heavy atom. The van der Waals surface area contributed by atoms with Crippen molar-refractivity contribution in [2.45, 2.75) is 34.1 Å². The molecule has 146 valence electrons. The average Bonchev–Trinajstić information content (AvgIpc) is 2.91. The molecule has 0 radical (unpaired) electrons. The molecule has 2 heterocycles. The summed E-state index contributed by atoms with van der Waals surface area (Å²) in [5.74, 6) is -0.316. The van der Waals surface area contributed by atoms with E-state index in [1.807, 2.05) is 27.7 Å². The van der Waals surface area contributed by atoms with Crippen LogP contribution in [0.1, 0.15) is 30.8 Å². The molecule has 1 aromatic rings. The number of nitrogens with one attached hydrogen (secondary N) is 1. The number of carbonyl (C=O) groups excluding carboxylic acids is 2. The van der Waals surface area contributed by atoms with Crippen LogP contribution in [0.25, 0.3) is 0 Å². The Balaban J connectivity index is 1.86. The van der Waals surface area contributed by atoms with Gasteiger partial charge in [-0.15, -0.1) is 11.3 Å². The highest BCUT2D eigenvalue weighted by Crippen LogP contribution is 2.21. The van der Waals surface area contributed by atoms with Crippen molar-refractivity contribution in [3.05, 3.63) is 10.6 Å². The van der Waals surface area contributed by atoms with Crippen LogP contribution < -0.4 is 5.32 Å². The number of aryl methyl sites for hydroxylation is 2. The minimum absolute atomic E-state index is 0.00799. The number of morpholine rings is 1. The molecule has 0 aromatic carbocycles. The summed E-state index contributed by atoms with van der Waals surface area (Å²) in [6.45, 7) is 12.6. The maximum Gasteiger partial charge on any atom is 0.245 e. The van der Waals surface area contributed by atoms with Gasteiger partial charge in [-0.2, -0.15) is 0 Å². The smallest absolute Gasteiger partial charge is 0.245 e. The molecular weight excluding hydrogens is 352 g/mol. The van der Waals surface area contributed by atoms with Crippen LogP contribution in [-0.4, -0.2) is 72.5 Å². The molecular formula is C18H30N4O3S. The molecule has 0 atom stereocenters. The first-order chi connectivity index (χ1) is 12.4. The Morgan fingerprint density at radius 3 is 2.58 bits per heavy atom. The van der Waals surface area contributed by atoms with E-state index >= 15 is 0 Å². The fraction of sp³-hybridized carbons (Fsp3) is 0.722.